The molecule has 0 atom stereocenters. The van der Waals surface area contributed by atoms with Crippen LogP contribution in [-0.4, -0.2) is 25.7 Å². The van der Waals surface area contributed by atoms with Gasteiger partial charge < -0.3 is 14.5 Å². The Morgan fingerprint density at radius 2 is 1.97 bits per heavy atom. The summed E-state index contributed by atoms with van der Waals surface area (Å²) in [6.07, 6.45) is 0. The molecule has 5 aromatic rings. The number of hydrogen-bond donors (Lipinski definition) is 1. The highest BCUT2D eigenvalue weighted by Crippen LogP contribution is 2.27. The number of hydrogen-bond acceptors (Lipinski definition) is 7. The lowest BCUT2D eigenvalue weighted by Gasteiger charge is -2.07. The molecule has 2 aromatic carbocycles. The monoisotopic (exact) mass is 445 g/mol. The molecule has 3 heterocycles. The molecule has 0 bridgehead atoms. The number of carbonyl (C=O) groups is 1. The minimum absolute atomic E-state index is 0.216. The molecule has 0 aliphatic carbocycles. The first-order valence-electron chi connectivity index (χ1n) is 9.94. The van der Waals surface area contributed by atoms with E-state index in [-0.39, 0.29) is 18.3 Å². The van der Waals surface area contributed by atoms with Crippen LogP contribution in [0.3, 0.4) is 0 Å². The summed E-state index contributed by atoms with van der Waals surface area (Å²) >= 11 is 1.44. The molecular weight excluding hydrogens is 426 g/mol. The van der Waals surface area contributed by atoms with Crippen LogP contribution in [0.2, 0.25) is 0 Å². The van der Waals surface area contributed by atoms with Crippen molar-refractivity contribution in [1.82, 2.24) is 19.8 Å². The van der Waals surface area contributed by atoms with Crippen LogP contribution in [0, 0.1) is 13.8 Å². The maximum absolute atomic E-state index is 12.7. The molecule has 0 spiro atoms. The zero-order valence-corrected chi connectivity index (χ0v) is 18.2. The van der Waals surface area contributed by atoms with Crippen LogP contribution in [-0.2, 0) is 6.61 Å². The number of ether oxygens (including phenoxy) is 1. The Kier molecular flexibility index (Phi) is 5.16. The molecule has 8 nitrogen and oxygen atoms in total. The number of furan rings is 1. The number of rotatable bonds is 6. The van der Waals surface area contributed by atoms with Gasteiger partial charge in [-0.3, -0.25) is 4.79 Å². The summed E-state index contributed by atoms with van der Waals surface area (Å²) in [5.74, 6) is 1.97. The van der Waals surface area contributed by atoms with Gasteiger partial charge in [-0.1, -0.05) is 41.7 Å². The average Bonchev–Trinajstić information content (AvgIpc) is 3.51. The van der Waals surface area contributed by atoms with Crippen molar-refractivity contribution in [1.29, 1.82) is 0 Å². The molecule has 160 valence electrons. The van der Waals surface area contributed by atoms with Crippen LogP contribution in [0.4, 0.5) is 5.69 Å². The molecule has 0 unspecified atom stereocenters. The van der Waals surface area contributed by atoms with Crippen molar-refractivity contribution >= 4 is 27.9 Å². The summed E-state index contributed by atoms with van der Waals surface area (Å²) in [5, 5.41) is 16.3. The number of amides is 1. The first kappa shape index (κ1) is 20.0. The third-order valence-corrected chi connectivity index (χ3v) is 5.81. The van der Waals surface area contributed by atoms with Crippen LogP contribution in [0.15, 0.2) is 65.1 Å². The van der Waals surface area contributed by atoms with Gasteiger partial charge in [-0.15, -0.1) is 10.2 Å². The van der Waals surface area contributed by atoms with E-state index >= 15 is 0 Å². The average molecular weight is 446 g/mol. The highest BCUT2D eigenvalue weighted by Gasteiger charge is 2.14. The van der Waals surface area contributed by atoms with Gasteiger partial charge in [-0.25, -0.2) is 0 Å². The van der Waals surface area contributed by atoms with Crippen molar-refractivity contribution in [2.45, 2.75) is 20.5 Å². The molecule has 0 saturated carbocycles. The number of para-hydroxylation sites is 1. The van der Waals surface area contributed by atoms with E-state index in [1.54, 1.807) is 16.6 Å². The molecule has 1 amide bonds. The second-order valence-corrected chi connectivity index (χ2v) is 8.16. The van der Waals surface area contributed by atoms with Crippen molar-refractivity contribution in [3.63, 3.8) is 0 Å². The number of anilines is 1. The summed E-state index contributed by atoms with van der Waals surface area (Å²) in [4.78, 5) is 13.4. The molecule has 0 radical (unpaired) electrons. The Labute approximate surface area is 187 Å². The fourth-order valence-corrected chi connectivity index (χ4v) is 4.08. The standard InChI is InChI=1S/C23H19N5O3S/c1-14-6-3-4-9-19(14)30-13-18-10-11-20(31-18)21(29)24-17-8-5-7-16(12-17)22-27-28-15(2)25-26-23(28)32-22/h3-12H,13H2,1-2H3,(H,24,29). The van der Waals surface area contributed by atoms with Gasteiger partial charge in [0.2, 0.25) is 4.96 Å². The minimum Gasteiger partial charge on any atom is -0.485 e. The van der Waals surface area contributed by atoms with Crippen LogP contribution in [0.5, 0.6) is 5.75 Å². The number of nitrogens with zero attached hydrogens (tertiary/aromatic N) is 4. The van der Waals surface area contributed by atoms with Crippen molar-refractivity contribution < 1.29 is 13.9 Å². The third-order valence-electron chi connectivity index (χ3n) is 4.86. The summed E-state index contributed by atoms with van der Waals surface area (Å²) < 4.78 is 13.2. The zero-order chi connectivity index (χ0) is 22.1. The Balaban J connectivity index is 1.27. The number of carbonyl (C=O) groups excluding carboxylic acids is 1. The van der Waals surface area contributed by atoms with Gasteiger partial charge in [0.15, 0.2) is 11.6 Å². The minimum atomic E-state index is -0.335. The van der Waals surface area contributed by atoms with E-state index in [1.165, 1.54) is 11.3 Å². The highest BCUT2D eigenvalue weighted by atomic mass is 32.1. The molecule has 5 rings (SSSR count). The van der Waals surface area contributed by atoms with Crippen LogP contribution >= 0.6 is 11.3 Å². The van der Waals surface area contributed by atoms with Crippen molar-refractivity contribution in [3.8, 4) is 16.3 Å². The van der Waals surface area contributed by atoms with E-state index < -0.39 is 0 Å². The number of nitrogens with one attached hydrogen (secondary N) is 1. The quantitative estimate of drug-likeness (QED) is 0.400. The zero-order valence-electron chi connectivity index (χ0n) is 17.4. The van der Waals surface area contributed by atoms with Gasteiger partial charge in [0.05, 0.1) is 0 Å². The Hall–Kier alpha value is -3.98. The fraction of sp³-hybridized carbons (Fsp3) is 0.130. The number of aryl methyl sites for hydroxylation is 2. The molecule has 0 fully saturated rings. The van der Waals surface area contributed by atoms with Crippen molar-refractivity contribution in [2.24, 2.45) is 0 Å². The Morgan fingerprint density at radius 1 is 1.09 bits per heavy atom. The maximum Gasteiger partial charge on any atom is 0.291 e. The fourth-order valence-electron chi connectivity index (χ4n) is 3.20. The lowest BCUT2D eigenvalue weighted by molar-refractivity contribution is 0.0992. The number of fused-ring (bicyclic) bond motifs is 1. The normalized spacial score (nSPS) is 11.1. The second kappa shape index (κ2) is 8.27. The third kappa shape index (κ3) is 3.97. The highest BCUT2D eigenvalue weighted by molar-refractivity contribution is 7.19. The lowest BCUT2D eigenvalue weighted by Crippen LogP contribution is -2.10. The van der Waals surface area contributed by atoms with E-state index in [1.807, 2.05) is 62.4 Å². The van der Waals surface area contributed by atoms with E-state index in [0.717, 1.165) is 32.7 Å². The number of benzene rings is 2. The summed E-state index contributed by atoms with van der Waals surface area (Å²) in [6, 6.07) is 18.6. The second-order valence-electron chi connectivity index (χ2n) is 7.20. The maximum atomic E-state index is 12.7. The van der Waals surface area contributed by atoms with Gasteiger partial charge in [0.1, 0.15) is 23.1 Å². The molecular formula is C23H19N5O3S. The molecule has 0 aliphatic rings. The molecule has 1 N–H and O–H groups in total. The Bertz CT molecular complexity index is 1420. The van der Waals surface area contributed by atoms with Gasteiger partial charge in [-0.2, -0.15) is 9.61 Å². The molecule has 0 saturated heterocycles. The summed E-state index contributed by atoms with van der Waals surface area (Å²) in [5.41, 5.74) is 2.56. The number of aromatic nitrogens is 4. The predicted molar refractivity (Wildman–Crippen MR) is 121 cm³/mol. The molecule has 9 heteroatoms. The predicted octanol–water partition coefficient (Wildman–Crippen LogP) is 4.89. The van der Waals surface area contributed by atoms with E-state index in [0.29, 0.717) is 11.4 Å². The lowest BCUT2D eigenvalue weighted by atomic mass is 10.2. The van der Waals surface area contributed by atoms with Gasteiger partial charge in [-0.05, 0) is 49.7 Å². The smallest absolute Gasteiger partial charge is 0.291 e. The van der Waals surface area contributed by atoms with E-state index in [2.05, 4.69) is 20.6 Å². The largest absolute Gasteiger partial charge is 0.485 e. The van der Waals surface area contributed by atoms with Crippen molar-refractivity contribution in [2.75, 3.05) is 5.32 Å². The van der Waals surface area contributed by atoms with E-state index in [9.17, 15) is 4.79 Å². The van der Waals surface area contributed by atoms with Gasteiger partial charge in [0.25, 0.3) is 5.91 Å². The summed E-state index contributed by atoms with van der Waals surface area (Å²) in [7, 11) is 0. The van der Waals surface area contributed by atoms with Crippen LogP contribution < -0.4 is 10.1 Å². The topological polar surface area (TPSA) is 94.5 Å². The SMILES string of the molecule is Cc1ccccc1OCc1ccc(C(=O)Nc2cccc(-c3nn4c(C)nnc4s3)c2)o1. The van der Waals surface area contributed by atoms with Crippen LogP contribution in [0.1, 0.15) is 27.7 Å². The molecule has 3 aromatic heterocycles. The molecule has 32 heavy (non-hydrogen) atoms. The van der Waals surface area contributed by atoms with Crippen molar-refractivity contribution in [3.05, 3.63) is 83.6 Å². The van der Waals surface area contributed by atoms with Gasteiger partial charge >= 0.3 is 0 Å². The Morgan fingerprint density at radius 3 is 2.81 bits per heavy atom. The summed E-state index contributed by atoms with van der Waals surface area (Å²) in [6.45, 7) is 4.07. The first-order chi connectivity index (χ1) is 15.6. The molecule has 0 aliphatic heterocycles. The van der Waals surface area contributed by atoms with Gasteiger partial charge in [0, 0.05) is 11.3 Å². The first-order valence-corrected chi connectivity index (χ1v) is 10.8. The van der Waals surface area contributed by atoms with Crippen LogP contribution in [0.25, 0.3) is 15.5 Å². The van der Waals surface area contributed by atoms with E-state index in [4.69, 9.17) is 9.15 Å².